The van der Waals surface area contributed by atoms with Crippen LogP contribution in [-0.4, -0.2) is 232 Å². The molecule has 0 aromatic carbocycles. The van der Waals surface area contributed by atoms with Gasteiger partial charge >= 0.3 is 51.4 Å². The molecule has 0 aliphatic rings. The Labute approximate surface area is 325 Å². The Kier molecular flexibility index (Phi) is 47.2. The molecule has 0 aliphatic heterocycles. The minimum Gasteiger partial charge on any atom is -0.447 e. The largest absolute Gasteiger partial charge is 1.00 e. The fraction of sp³-hybridized carbons (Fsp3) is 0.667. The summed E-state index contributed by atoms with van der Waals surface area (Å²) in [6.45, 7) is 0. The van der Waals surface area contributed by atoms with Gasteiger partial charge in [0.05, 0.1) is 0 Å². The van der Waals surface area contributed by atoms with Crippen LogP contribution in [0.25, 0.3) is 0 Å². The SMILES string of the molecule is CN.CN.S=CI.[B].[B][B-]B(B([B])[B])B(B(B([B])[B])B([B])[B])B(B(B([B])[B])B([B])[B])B(B([B])[B])B([B])[B].[K+]. The summed E-state index contributed by atoms with van der Waals surface area (Å²) >= 11 is 6.23. The smallest absolute Gasteiger partial charge is 0.447 e. The second-order valence-corrected chi connectivity index (χ2v) is 9.49. The Balaban J connectivity index is -0.000000258. The van der Waals surface area contributed by atoms with Crippen molar-refractivity contribution in [3.05, 3.63) is 0 Å². The van der Waals surface area contributed by atoms with Gasteiger partial charge in [-0.1, -0.05) is 12.2 Å². The van der Waals surface area contributed by atoms with E-state index in [2.05, 4.69) is 23.7 Å². The summed E-state index contributed by atoms with van der Waals surface area (Å²) in [6, 6.07) is 0. The van der Waals surface area contributed by atoms with Gasteiger partial charge < -0.3 is 18.5 Å². The van der Waals surface area contributed by atoms with Crippen LogP contribution in [0.1, 0.15) is 0 Å². The average Bonchev–Trinajstić information content (AvgIpc) is 2.74. The van der Waals surface area contributed by atoms with Crippen molar-refractivity contribution in [2.24, 2.45) is 11.5 Å². The minimum atomic E-state index is -1.03. The molecule has 0 atom stereocenters. The molecule has 0 heterocycles. The number of halogens is 1. The number of thiocarbonyl (C=S) groups is 1. The van der Waals surface area contributed by atoms with Gasteiger partial charge in [0.1, 0.15) is 0 Å². The first-order valence-electron chi connectivity index (χ1n) is 10.9. The van der Waals surface area contributed by atoms with Gasteiger partial charge in [-0.2, -0.15) is 6.39 Å². The van der Waals surface area contributed by atoms with Crippen molar-refractivity contribution in [3.8, 4) is 0 Å². The first kappa shape index (κ1) is 54.8. The van der Waals surface area contributed by atoms with Crippen LogP contribution in [0, 0.1) is 0 Å². The van der Waals surface area contributed by atoms with E-state index < -0.39 is 83.0 Å². The first-order valence-corrected chi connectivity index (χ1v) is 12.7. The standard InChI is InChI=1S/CHIS.2CH5N.B29.B.K/c2-1-3;2*1-2;1-16-24(17(2)3)28(25(18(4)5)19(6)7)29(26(20(8)9)21(10)11)27(22(12)13)23(14)15;;/h1H;2*2H2,1H3;;;/q;;;-1;;+1. The molecule has 0 unspecified atom stereocenters. The Morgan fingerprint density at radius 3 is 0.842 bits per heavy atom. The van der Waals surface area contributed by atoms with E-state index in [1.54, 1.807) is 3.37 Å². The Bertz CT molecular complexity index is 452. The molecule has 0 bridgehead atoms. The van der Waals surface area contributed by atoms with Gasteiger partial charge in [-0.15, -0.1) is 0 Å². The summed E-state index contributed by atoms with van der Waals surface area (Å²) in [4.78, 5) is 0. The van der Waals surface area contributed by atoms with E-state index in [4.69, 9.17) is 116 Å². The van der Waals surface area contributed by atoms with E-state index in [0.717, 1.165) is 0 Å². The van der Waals surface area contributed by atoms with E-state index in [9.17, 15) is 0 Å². The summed E-state index contributed by atoms with van der Waals surface area (Å²) < 4.78 is 1.55. The molecule has 0 aliphatic carbocycles. The van der Waals surface area contributed by atoms with E-state index in [1.165, 1.54) is 21.2 Å². The Hall–Kier alpha value is 4.32. The van der Waals surface area contributed by atoms with Crippen molar-refractivity contribution >= 4 is 253 Å². The molecule has 38 heavy (non-hydrogen) atoms. The van der Waals surface area contributed by atoms with Gasteiger partial charge in [-0.05, 0) is 222 Å². The number of hydrogen-bond donors (Lipinski definition) is 2. The van der Waals surface area contributed by atoms with Gasteiger partial charge in [0.25, 0.3) is 0 Å². The number of hydrogen-bond acceptors (Lipinski definition) is 3. The van der Waals surface area contributed by atoms with E-state index in [-0.39, 0.29) is 59.8 Å². The van der Waals surface area contributed by atoms with Crippen molar-refractivity contribution in [2.75, 3.05) is 14.1 Å². The second-order valence-electron chi connectivity index (χ2n) is 7.79. The van der Waals surface area contributed by atoms with Gasteiger partial charge in [0.2, 0.25) is 0 Å². The van der Waals surface area contributed by atoms with Crippen LogP contribution in [0.15, 0.2) is 0 Å². The predicted molar refractivity (Wildman–Crippen MR) is 221 cm³/mol. The van der Waals surface area contributed by atoms with Crippen molar-refractivity contribution in [2.45, 2.75) is 0 Å². The molecule has 2 nitrogen and oxygen atoms in total. The van der Waals surface area contributed by atoms with Crippen LogP contribution in [-0.2, 0) is 0 Å². The number of rotatable bonds is 13. The Morgan fingerprint density at radius 2 is 0.711 bits per heavy atom. The molecule has 0 saturated carbocycles. The van der Waals surface area contributed by atoms with Crippen LogP contribution in [0.4, 0.5) is 0 Å². The fourth-order valence-electron chi connectivity index (χ4n) is 4.36. The van der Waals surface area contributed by atoms with Crippen LogP contribution >= 0.6 is 34.8 Å². The average molecular weight is 598 g/mol. The van der Waals surface area contributed by atoms with Gasteiger partial charge in [-0.25, -0.2) is 0 Å². The van der Waals surface area contributed by atoms with E-state index in [1.807, 2.05) is 22.6 Å². The maximum atomic E-state index is 6.01. The van der Waals surface area contributed by atoms with Gasteiger partial charge in [-0.3, -0.25) is 7.74 Å². The van der Waals surface area contributed by atoms with Crippen molar-refractivity contribution in [1.82, 2.24) is 0 Å². The minimum absolute atomic E-state index is 0. The maximum absolute atomic E-state index is 6.01. The third-order valence-electron chi connectivity index (χ3n) is 5.56. The predicted octanol–water partition coefficient (Wildman–Crippen LogP) is -13.9. The normalized spacial score (nSPS) is 7.92. The summed E-state index contributed by atoms with van der Waals surface area (Å²) in [5.41, 5.74) is 9.00. The monoisotopic (exact) mass is 603 g/mol. The van der Waals surface area contributed by atoms with Crippen LogP contribution in [0.5, 0.6) is 0 Å². The van der Waals surface area contributed by atoms with Crippen LogP contribution in [0.3, 0.4) is 0 Å². The topological polar surface area (TPSA) is 52.0 Å². The van der Waals surface area contributed by atoms with Crippen LogP contribution < -0.4 is 62.9 Å². The molecule has 35 heteroatoms. The van der Waals surface area contributed by atoms with Crippen molar-refractivity contribution in [1.29, 1.82) is 0 Å². The molecular weight excluding hydrogens is 586 g/mol. The van der Waals surface area contributed by atoms with E-state index >= 15 is 0 Å². The molecule has 0 aromatic heterocycles. The molecule has 0 fully saturated rings. The maximum Gasteiger partial charge on any atom is 1.00 e. The molecule has 0 aromatic rings. The van der Waals surface area contributed by atoms with Crippen molar-refractivity contribution < 1.29 is 51.4 Å². The summed E-state index contributed by atoms with van der Waals surface area (Å²) in [6.07, 6.45) is -11.9. The second kappa shape index (κ2) is 32.7. The molecule has 0 saturated heterocycles. The zero-order valence-electron chi connectivity index (χ0n) is 22.8. The summed E-state index contributed by atoms with van der Waals surface area (Å²) in [7, 11) is 94.2. The zero-order valence-corrected chi connectivity index (χ0v) is 28.9. The molecular formula is C3H11B30IKN2S. The molecule has 4 N–H and O–H groups in total. The fourth-order valence-corrected chi connectivity index (χ4v) is 4.36. The van der Waals surface area contributed by atoms with Gasteiger partial charge in [0.15, 0.2) is 0 Å². The van der Waals surface area contributed by atoms with E-state index in [0.29, 0.717) is 0 Å². The zero-order chi connectivity index (χ0) is 29.9. The summed E-state index contributed by atoms with van der Waals surface area (Å²) in [5.74, 6) is 0. The third-order valence-corrected chi connectivity index (χ3v) is 5.56. The molecule has 35 radical (unpaired) electrons. The van der Waals surface area contributed by atoms with Gasteiger partial charge in [0, 0.05) is 11.8 Å². The molecule has 137 valence electrons. The Morgan fingerprint density at radius 1 is 0.526 bits per heavy atom. The molecule has 0 spiro atoms. The van der Waals surface area contributed by atoms with Crippen molar-refractivity contribution in [3.63, 3.8) is 0 Å². The first-order chi connectivity index (χ1) is 16.6. The number of nitrogens with two attached hydrogens (primary N) is 2. The third kappa shape index (κ3) is 21.1. The van der Waals surface area contributed by atoms with Crippen LogP contribution in [0.2, 0.25) is 0 Å². The summed E-state index contributed by atoms with van der Waals surface area (Å²) in [5, 5.41) is 0. The quantitative estimate of drug-likeness (QED) is 0.0961. The molecule has 0 rings (SSSR count). The molecule has 0 amide bonds.